The van der Waals surface area contributed by atoms with E-state index in [4.69, 9.17) is 16.3 Å². The number of fused-ring (bicyclic) bond motifs is 1. The lowest BCUT2D eigenvalue weighted by Gasteiger charge is -2.24. The van der Waals surface area contributed by atoms with Crippen LogP contribution >= 0.6 is 22.9 Å². The van der Waals surface area contributed by atoms with Crippen molar-refractivity contribution < 1.29 is 19.7 Å². The maximum Gasteiger partial charge on any atom is 0.338 e. The lowest BCUT2D eigenvalue weighted by molar-refractivity contribution is -0.139. The SMILES string of the molecule is CCOC(=O)C1=C(C)N=c2s/c(=C\c3ccc(O)c(O)c3)c(=O)n2C1c1ccc(Cl)cc1. The molecule has 0 fully saturated rings. The molecule has 1 atom stereocenters. The summed E-state index contributed by atoms with van der Waals surface area (Å²) in [6, 6.07) is 10.5. The van der Waals surface area contributed by atoms with Crippen LogP contribution in [0, 0.1) is 0 Å². The Bertz CT molecular complexity index is 1420. The molecule has 1 aromatic heterocycles. The van der Waals surface area contributed by atoms with Crippen LogP contribution in [-0.4, -0.2) is 27.4 Å². The van der Waals surface area contributed by atoms with Gasteiger partial charge in [0.25, 0.3) is 5.56 Å². The molecule has 0 saturated heterocycles. The molecule has 1 unspecified atom stereocenters. The van der Waals surface area contributed by atoms with Gasteiger partial charge in [-0.05, 0) is 55.3 Å². The molecule has 0 radical (unpaired) electrons. The number of hydrogen-bond donors (Lipinski definition) is 2. The van der Waals surface area contributed by atoms with Crippen LogP contribution < -0.4 is 14.9 Å². The number of benzene rings is 2. The minimum absolute atomic E-state index is 0.192. The maximum absolute atomic E-state index is 13.4. The van der Waals surface area contributed by atoms with Crippen LogP contribution in [0.15, 0.2) is 63.5 Å². The lowest BCUT2D eigenvalue weighted by atomic mass is 9.96. The van der Waals surface area contributed by atoms with Crippen molar-refractivity contribution in [2.24, 2.45) is 4.99 Å². The first-order chi connectivity index (χ1) is 15.3. The van der Waals surface area contributed by atoms with Gasteiger partial charge >= 0.3 is 5.97 Å². The monoisotopic (exact) mass is 470 g/mol. The number of esters is 1. The Balaban J connectivity index is 1.95. The largest absolute Gasteiger partial charge is 0.504 e. The van der Waals surface area contributed by atoms with Gasteiger partial charge in [-0.15, -0.1) is 0 Å². The molecule has 0 saturated carbocycles. The topological polar surface area (TPSA) is 101 Å². The van der Waals surface area contributed by atoms with E-state index in [1.807, 2.05) is 0 Å². The van der Waals surface area contributed by atoms with Gasteiger partial charge in [0.15, 0.2) is 16.3 Å². The number of ether oxygens (including phenoxy) is 1. The number of phenols is 2. The number of thiazole rings is 1. The van der Waals surface area contributed by atoms with Crippen molar-refractivity contribution in [2.75, 3.05) is 6.61 Å². The van der Waals surface area contributed by atoms with Crippen molar-refractivity contribution in [1.82, 2.24) is 4.57 Å². The van der Waals surface area contributed by atoms with E-state index in [-0.39, 0.29) is 29.2 Å². The molecule has 4 rings (SSSR count). The summed E-state index contributed by atoms with van der Waals surface area (Å²) in [5.41, 5.74) is 1.65. The average molecular weight is 471 g/mol. The Labute approximate surface area is 191 Å². The van der Waals surface area contributed by atoms with Crippen molar-refractivity contribution in [3.05, 3.63) is 89.6 Å². The molecule has 0 aliphatic carbocycles. The number of carbonyl (C=O) groups excluding carboxylic acids is 1. The van der Waals surface area contributed by atoms with Gasteiger partial charge in [-0.25, -0.2) is 9.79 Å². The fourth-order valence-electron chi connectivity index (χ4n) is 3.53. The fourth-order valence-corrected chi connectivity index (χ4v) is 4.71. The number of rotatable bonds is 4. The third-order valence-corrected chi connectivity index (χ3v) is 6.23. The van der Waals surface area contributed by atoms with Crippen LogP contribution in [0.25, 0.3) is 6.08 Å². The van der Waals surface area contributed by atoms with Gasteiger partial charge < -0.3 is 14.9 Å². The number of phenolic OH excluding ortho intramolecular Hbond substituents is 2. The van der Waals surface area contributed by atoms with Gasteiger partial charge in [-0.1, -0.05) is 41.1 Å². The van der Waals surface area contributed by atoms with Gasteiger partial charge in [0.1, 0.15) is 0 Å². The van der Waals surface area contributed by atoms with Gasteiger partial charge in [0.2, 0.25) is 0 Å². The number of allylic oxidation sites excluding steroid dienone is 1. The lowest BCUT2D eigenvalue weighted by Crippen LogP contribution is -2.39. The first-order valence-electron chi connectivity index (χ1n) is 9.77. The Hall–Kier alpha value is -3.36. The second-order valence-corrected chi connectivity index (χ2v) is 8.55. The van der Waals surface area contributed by atoms with Crippen molar-refractivity contribution in [3.63, 3.8) is 0 Å². The molecular weight excluding hydrogens is 452 g/mol. The molecule has 164 valence electrons. The standard InChI is InChI=1S/C23H19ClN2O5S/c1-3-31-22(30)19-12(2)25-23-26(20(19)14-5-7-15(24)8-6-14)21(29)18(32-23)11-13-4-9-16(27)17(28)10-13/h4-11,20,27-28H,3H2,1-2H3/b18-11-. The van der Waals surface area contributed by atoms with Gasteiger partial charge in [-0.2, -0.15) is 0 Å². The molecule has 2 N–H and O–H groups in total. The Kier molecular flexibility index (Phi) is 5.90. The summed E-state index contributed by atoms with van der Waals surface area (Å²) in [6.45, 7) is 3.62. The summed E-state index contributed by atoms with van der Waals surface area (Å²) >= 11 is 7.22. The molecule has 7 nitrogen and oxygen atoms in total. The molecule has 0 amide bonds. The van der Waals surface area contributed by atoms with Crippen molar-refractivity contribution >= 4 is 35.0 Å². The summed E-state index contributed by atoms with van der Waals surface area (Å²) in [5, 5.41) is 19.8. The van der Waals surface area contributed by atoms with Crippen LogP contribution in [0.2, 0.25) is 5.02 Å². The number of carbonyl (C=O) groups is 1. The highest BCUT2D eigenvalue weighted by Gasteiger charge is 2.33. The number of nitrogens with zero attached hydrogens (tertiary/aromatic N) is 2. The van der Waals surface area contributed by atoms with E-state index < -0.39 is 12.0 Å². The van der Waals surface area contributed by atoms with Gasteiger partial charge in [0.05, 0.1) is 28.5 Å². The number of aromatic hydroxyl groups is 2. The smallest absolute Gasteiger partial charge is 0.338 e. The Morgan fingerprint density at radius 2 is 1.94 bits per heavy atom. The summed E-state index contributed by atoms with van der Waals surface area (Å²) in [7, 11) is 0. The highest BCUT2D eigenvalue weighted by molar-refractivity contribution is 7.07. The van der Waals surface area contributed by atoms with Gasteiger partial charge in [0, 0.05) is 5.02 Å². The van der Waals surface area contributed by atoms with E-state index in [9.17, 15) is 19.8 Å². The van der Waals surface area contributed by atoms with Crippen LogP contribution in [0.3, 0.4) is 0 Å². The molecule has 1 aliphatic heterocycles. The molecular formula is C23H19ClN2O5S. The van der Waals surface area contributed by atoms with E-state index >= 15 is 0 Å². The van der Waals surface area contributed by atoms with E-state index in [1.165, 1.54) is 28.0 Å². The van der Waals surface area contributed by atoms with Gasteiger partial charge in [-0.3, -0.25) is 9.36 Å². The molecule has 3 aromatic rings. The Morgan fingerprint density at radius 1 is 1.22 bits per heavy atom. The average Bonchev–Trinajstić information content (AvgIpc) is 3.05. The second-order valence-electron chi connectivity index (χ2n) is 7.10. The summed E-state index contributed by atoms with van der Waals surface area (Å²) in [4.78, 5) is 31.2. The van der Waals surface area contributed by atoms with Crippen molar-refractivity contribution in [1.29, 1.82) is 0 Å². The van der Waals surface area contributed by atoms with E-state index in [0.717, 1.165) is 0 Å². The molecule has 9 heteroatoms. The van der Waals surface area contributed by atoms with E-state index in [2.05, 4.69) is 4.99 Å². The quantitative estimate of drug-likeness (QED) is 0.451. The van der Waals surface area contributed by atoms with Crippen LogP contribution in [0.4, 0.5) is 0 Å². The predicted molar refractivity (Wildman–Crippen MR) is 122 cm³/mol. The molecule has 2 heterocycles. The van der Waals surface area contributed by atoms with Crippen LogP contribution in [-0.2, 0) is 9.53 Å². The highest BCUT2D eigenvalue weighted by Crippen LogP contribution is 2.31. The summed E-state index contributed by atoms with van der Waals surface area (Å²) in [6.07, 6.45) is 1.60. The third-order valence-electron chi connectivity index (χ3n) is 5.00. The number of aromatic nitrogens is 1. The zero-order valence-electron chi connectivity index (χ0n) is 17.2. The molecule has 0 spiro atoms. The van der Waals surface area contributed by atoms with Crippen molar-refractivity contribution in [3.8, 4) is 11.5 Å². The molecule has 0 bridgehead atoms. The van der Waals surface area contributed by atoms with E-state index in [1.54, 1.807) is 50.3 Å². The predicted octanol–water partition coefficient (Wildman–Crippen LogP) is 2.86. The molecule has 2 aromatic carbocycles. The van der Waals surface area contributed by atoms with Crippen LogP contribution in [0.1, 0.15) is 31.0 Å². The van der Waals surface area contributed by atoms with Crippen LogP contribution in [0.5, 0.6) is 11.5 Å². The van der Waals surface area contributed by atoms with E-state index in [0.29, 0.717) is 31.2 Å². The number of halogens is 1. The maximum atomic E-state index is 13.4. The summed E-state index contributed by atoms with van der Waals surface area (Å²) < 4.78 is 7.09. The zero-order valence-corrected chi connectivity index (χ0v) is 18.8. The first kappa shape index (κ1) is 21.9. The van der Waals surface area contributed by atoms with Crippen molar-refractivity contribution in [2.45, 2.75) is 19.9 Å². The third kappa shape index (κ3) is 3.94. The Morgan fingerprint density at radius 3 is 2.59 bits per heavy atom. The molecule has 32 heavy (non-hydrogen) atoms. The minimum Gasteiger partial charge on any atom is -0.504 e. The highest BCUT2D eigenvalue weighted by atomic mass is 35.5. The zero-order chi connectivity index (χ0) is 23.0. The second kappa shape index (κ2) is 8.64. The minimum atomic E-state index is -0.724. The first-order valence-corrected chi connectivity index (χ1v) is 11.0. The molecule has 1 aliphatic rings. The normalized spacial score (nSPS) is 16.0. The number of hydrogen-bond acceptors (Lipinski definition) is 7. The summed E-state index contributed by atoms with van der Waals surface area (Å²) in [5.74, 6) is -1.07. The fraction of sp³-hybridized carbons (Fsp3) is 0.174.